The fourth-order valence-corrected chi connectivity index (χ4v) is 5.29. The van der Waals surface area contributed by atoms with Crippen molar-refractivity contribution in [3.05, 3.63) is 29.6 Å². The third kappa shape index (κ3) is 1.62. The van der Waals surface area contributed by atoms with Gasteiger partial charge in [0, 0.05) is 12.7 Å². The Labute approximate surface area is 109 Å². The molecule has 4 fully saturated rings. The summed E-state index contributed by atoms with van der Waals surface area (Å²) in [4.78, 5) is 4.35. The molecular weight excluding hydrogens is 220 g/mol. The van der Waals surface area contributed by atoms with Crippen LogP contribution >= 0.6 is 0 Å². The first-order valence-electron chi connectivity index (χ1n) is 7.48. The molecule has 5 rings (SSSR count). The summed E-state index contributed by atoms with van der Waals surface area (Å²) in [7, 11) is 0. The molecule has 4 saturated carbocycles. The maximum atomic E-state index is 5.73. The van der Waals surface area contributed by atoms with Crippen molar-refractivity contribution in [2.45, 2.75) is 44.6 Å². The normalized spacial score (nSPS) is 41.3. The molecule has 2 nitrogen and oxygen atoms in total. The van der Waals surface area contributed by atoms with Gasteiger partial charge in [0.05, 0.1) is 5.69 Å². The van der Waals surface area contributed by atoms with Crippen molar-refractivity contribution >= 4 is 0 Å². The summed E-state index contributed by atoms with van der Waals surface area (Å²) in [5.74, 6) is 4.83. The van der Waals surface area contributed by atoms with E-state index in [0.29, 0.717) is 6.54 Å². The molecule has 1 aromatic heterocycles. The van der Waals surface area contributed by atoms with Crippen LogP contribution in [0.1, 0.15) is 49.3 Å². The lowest BCUT2D eigenvalue weighted by molar-refractivity contribution is -0.00282. The minimum atomic E-state index is 0.571. The highest BCUT2D eigenvalue weighted by atomic mass is 14.7. The fourth-order valence-electron chi connectivity index (χ4n) is 5.29. The summed E-state index contributed by atoms with van der Waals surface area (Å²) in [6.07, 6.45) is 9.43. The van der Waals surface area contributed by atoms with E-state index in [4.69, 9.17) is 5.73 Å². The average molecular weight is 242 g/mol. The molecule has 0 spiro atoms. The van der Waals surface area contributed by atoms with E-state index in [1.54, 1.807) is 0 Å². The number of hydrogen-bond acceptors (Lipinski definition) is 2. The second-order valence-corrected chi connectivity index (χ2v) is 6.74. The highest BCUT2D eigenvalue weighted by Gasteiger charge is 2.48. The van der Waals surface area contributed by atoms with Crippen LogP contribution in [0.5, 0.6) is 0 Å². The third-order valence-corrected chi connectivity index (χ3v) is 5.66. The second kappa shape index (κ2) is 4.06. The van der Waals surface area contributed by atoms with Gasteiger partial charge in [-0.1, -0.05) is 0 Å². The Morgan fingerprint density at radius 3 is 2.33 bits per heavy atom. The zero-order valence-electron chi connectivity index (χ0n) is 10.9. The third-order valence-electron chi connectivity index (χ3n) is 5.66. The van der Waals surface area contributed by atoms with Gasteiger partial charge < -0.3 is 5.73 Å². The van der Waals surface area contributed by atoms with Gasteiger partial charge in [-0.15, -0.1) is 0 Å². The van der Waals surface area contributed by atoms with Crippen LogP contribution in [0.3, 0.4) is 0 Å². The Morgan fingerprint density at radius 2 is 1.72 bits per heavy atom. The van der Waals surface area contributed by atoms with Gasteiger partial charge in [-0.3, -0.25) is 4.98 Å². The predicted octanol–water partition coefficient (Wildman–Crippen LogP) is 3.08. The first-order valence-corrected chi connectivity index (χ1v) is 7.48. The van der Waals surface area contributed by atoms with Gasteiger partial charge in [-0.25, -0.2) is 0 Å². The van der Waals surface area contributed by atoms with Gasteiger partial charge in [0.1, 0.15) is 0 Å². The van der Waals surface area contributed by atoms with Crippen LogP contribution < -0.4 is 5.73 Å². The minimum absolute atomic E-state index is 0.571. The monoisotopic (exact) mass is 242 g/mol. The van der Waals surface area contributed by atoms with Crippen molar-refractivity contribution in [3.63, 3.8) is 0 Å². The lowest BCUT2D eigenvalue weighted by Crippen LogP contribution is -2.43. The zero-order chi connectivity index (χ0) is 12.1. The van der Waals surface area contributed by atoms with E-state index in [-0.39, 0.29) is 0 Å². The Balaban J connectivity index is 1.68. The topological polar surface area (TPSA) is 38.9 Å². The molecule has 0 amide bonds. The first kappa shape index (κ1) is 11.0. The maximum absolute atomic E-state index is 5.73. The lowest BCUT2D eigenvalue weighted by atomic mass is 9.51. The largest absolute Gasteiger partial charge is 0.325 e. The molecular formula is C16H22N2. The lowest BCUT2D eigenvalue weighted by Gasteiger charge is -2.54. The van der Waals surface area contributed by atoms with Crippen molar-refractivity contribution in [2.24, 2.45) is 29.4 Å². The van der Waals surface area contributed by atoms with Crippen LogP contribution in [0.25, 0.3) is 0 Å². The van der Waals surface area contributed by atoms with E-state index in [0.717, 1.165) is 35.3 Å². The zero-order valence-corrected chi connectivity index (χ0v) is 10.9. The van der Waals surface area contributed by atoms with Gasteiger partial charge in [0.2, 0.25) is 0 Å². The van der Waals surface area contributed by atoms with Crippen LogP contribution in [0.15, 0.2) is 18.3 Å². The smallest absolute Gasteiger partial charge is 0.0542 e. The van der Waals surface area contributed by atoms with E-state index in [2.05, 4.69) is 17.1 Å². The number of hydrogen-bond donors (Lipinski definition) is 1. The average Bonchev–Trinajstić information content (AvgIpc) is 2.38. The Bertz CT molecular complexity index is 426. The summed E-state index contributed by atoms with van der Waals surface area (Å²) < 4.78 is 0. The van der Waals surface area contributed by atoms with Crippen molar-refractivity contribution in [2.75, 3.05) is 0 Å². The van der Waals surface area contributed by atoms with Crippen LogP contribution in [0, 0.1) is 23.7 Å². The molecule has 4 bridgehead atoms. The Kier molecular flexibility index (Phi) is 2.47. The van der Waals surface area contributed by atoms with Crippen LogP contribution in [0.2, 0.25) is 0 Å². The number of aromatic nitrogens is 1. The molecule has 0 saturated heterocycles. The van der Waals surface area contributed by atoms with Crippen molar-refractivity contribution in [1.82, 2.24) is 4.98 Å². The number of nitrogens with zero attached hydrogens (tertiary/aromatic N) is 1. The molecule has 4 aliphatic rings. The van der Waals surface area contributed by atoms with Gasteiger partial charge >= 0.3 is 0 Å². The number of rotatable bonds is 2. The summed E-state index contributed by atoms with van der Waals surface area (Å²) in [5, 5.41) is 0. The molecule has 0 aromatic carbocycles. The molecule has 1 aromatic rings. The maximum Gasteiger partial charge on any atom is 0.0542 e. The summed E-state index contributed by atoms with van der Waals surface area (Å²) in [6.45, 7) is 0.571. The van der Waals surface area contributed by atoms with Gasteiger partial charge in [-0.05, 0) is 79.4 Å². The van der Waals surface area contributed by atoms with E-state index in [9.17, 15) is 0 Å². The first-order chi connectivity index (χ1) is 8.83. The highest BCUT2D eigenvalue weighted by Crippen LogP contribution is 2.59. The van der Waals surface area contributed by atoms with E-state index >= 15 is 0 Å². The Morgan fingerprint density at radius 1 is 1.06 bits per heavy atom. The SMILES string of the molecule is NCc1cc(C2C3CC4CC(C3)CC2C4)ccn1. The fraction of sp³-hybridized carbons (Fsp3) is 0.688. The van der Waals surface area contributed by atoms with Crippen LogP contribution in [-0.2, 0) is 6.54 Å². The van der Waals surface area contributed by atoms with Crippen LogP contribution in [-0.4, -0.2) is 4.98 Å². The molecule has 0 radical (unpaired) electrons. The summed E-state index contributed by atoms with van der Waals surface area (Å²) >= 11 is 0. The predicted molar refractivity (Wildman–Crippen MR) is 71.9 cm³/mol. The second-order valence-electron chi connectivity index (χ2n) is 6.74. The van der Waals surface area contributed by atoms with E-state index < -0.39 is 0 Å². The van der Waals surface area contributed by atoms with Gasteiger partial charge in [0.15, 0.2) is 0 Å². The molecule has 0 atom stereocenters. The quantitative estimate of drug-likeness (QED) is 0.865. The number of nitrogens with two attached hydrogens (primary N) is 1. The number of pyridine rings is 1. The standard InChI is InChI=1S/C16H22N2/c17-9-15-8-12(1-2-18-15)16-13-4-10-3-11(6-13)7-14(16)5-10/h1-2,8,10-11,13-14,16H,3-7,9,17H2. The van der Waals surface area contributed by atoms with Crippen molar-refractivity contribution < 1.29 is 0 Å². The molecule has 0 aliphatic heterocycles. The minimum Gasteiger partial charge on any atom is -0.325 e. The molecule has 2 heteroatoms. The molecule has 1 heterocycles. The van der Waals surface area contributed by atoms with Crippen LogP contribution in [0.4, 0.5) is 0 Å². The molecule has 18 heavy (non-hydrogen) atoms. The van der Waals surface area contributed by atoms with Gasteiger partial charge in [-0.2, -0.15) is 0 Å². The summed E-state index contributed by atoms with van der Waals surface area (Å²) in [6, 6.07) is 4.51. The van der Waals surface area contributed by atoms with E-state index in [1.807, 2.05) is 6.20 Å². The van der Waals surface area contributed by atoms with Crippen molar-refractivity contribution in [1.29, 1.82) is 0 Å². The molecule has 4 aliphatic carbocycles. The van der Waals surface area contributed by atoms with Crippen molar-refractivity contribution in [3.8, 4) is 0 Å². The highest BCUT2D eigenvalue weighted by molar-refractivity contribution is 5.25. The molecule has 2 N–H and O–H groups in total. The van der Waals surface area contributed by atoms with E-state index in [1.165, 1.54) is 37.7 Å². The van der Waals surface area contributed by atoms with Gasteiger partial charge in [0.25, 0.3) is 0 Å². The Hall–Kier alpha value is -0.890. The molecule has 0 unspecified atom stereocenters. The molecule has 96 valence electrons. The summed E-state index contributed by atoms with van der Waals surface area (Å²) in [5.41, 5.74) is 8.31.